The maximum atomic E-state index is 12.1. The molecular formula is C16H28O2. The van der Waals surface area contributed by atoms with Crippen LogP contribution in [0.2, 0.25) is 0 Å². The Bertz CT molecular complexity index is 304. The van der Waals surface area contributed by atoms with Crippen LogP contribution in [-0.2, 0) is 9.53 Å². The first-order valence-corrected chi connectivity index (χ1v) is 7.19. The number of ether oxygens (including phenoxy) is 1. The molecule has 0 N–H and O–H groups in total. The normalized spacial score (nSPS) is 30.0. The van der Waals surface area contributed by atoms with Gasteiger partial charge in [0, 0.05) is 13.5 Å². The SMILES string of the molecule is COC1C(C)CCC(=O)C1/C(C)=C/CCC(C)C. The van der Waals surface area contributed by atoms with Gasteiger partial charge in [-0.3, -0.25) is 4.79 Å². The predicted molar refractivity (Wildman–Crippen MR) is 75.5 cm³/mol. The monoisotopic (exact) mass is 252 g/mol. The Morgan fingerprint density at radius 1 is 1.50 bits per heavy atom. The summed E-state index contributed by atoms with van der Waals surface area (Å²) in [5.74, 6) is 1.54. The van der Waals surface area contributed by atoms with E-state index < -0.39 is 0 Å². The molecule has 2 heteroatoms. The number of rotatable bonds is 5. The van der Waals surface area contributed by atoms with E-state index in [0.29, 0.717) is 24.0 Å². The Labute approximate surface area is 112 Å². The number of hydrogen-bond donors (Lipinski definition) is 0. The van der Waals surface area contributed by atoms with Gasteiger partial charge in [-0.2, -0.15) is 0 Å². The van der Waals surface area contributed by atoms with Gasteiger partial charge in [-0.15, -0.1) is 0 Å². The molecule has 1 fully saturated rings. The average molecular weight is 252 g/mol. The fourth-order valence-electron chi connectivity index (χ4n) is 2.85. The third-order valence-electron chi connectivity index (χ3n) is 4.06. The minimum Gasteiger partial charge on any atom is -0.380 e. The van der Waals surface area contributed by atoms with Crippen molar-refractivity contribution in [1.29, 1.82) is 0 Å². The number of hydrogen-bond acceptors (Lipinski definition) is 2. The van der Waals surface area contributed by atoms with Crippen molar-refractivity contribution in [1.82, 2.24) is 0 Å². The van der Waals surface area contributed by atoms with Crippen molar-refractivity contribution >= 4 is 5.78 Å². The van der Waals surface area contributed by atoms with E-state index in [4.69, 9.17) is 4.74 Å². The Kier molecular flexibility index (Phi) is 6.07. The van der Waals surface area contributed by atoms with Crippen LogP contribution in [-0.4, -0.2) is 19.0 Å². The first-order chi connectivity index (χ1) is 8.47. The summed E-state index contributed by atoms with van der Waals surface area (Å²) in [6.45, 7) is 8.74. The van der Waals surface area contributed by atoms with Crippen LogP contribution in [0.25, 0.3) is 0 Å². The summed E-state index contributed by atoms with van der Waals surface area (Å²) < 4.78 is 5.57. The van der Waals surface area contributed by atoms with Crippen molar-refractivity contribution in [2.24, 2.45) is 17.8 Å². The number of Topliss-reactive ketones (excluding diaryl/α,β-unsaturated/α-hetero) is 1. The molecule has 1 aliphatic carbocycles. The molecule has 2 nitrogen and oxygen atoms in total. The average Bonchev–Trinajstić information content (AvgIpc) is 2.30. The van der Waals surface area contributed by atoms with E-state index in [1.807, 2.05) is 0 Å². The highest BCUT2D eigenvalue weighted by molar-refractivity contribution is 5.85. The predicted octanol–water partition coefficient (Wildman–Crippen LogP) is 4.00. The highest BCUT2D eigenvalue weighted by atomic mass is 16.5. The van der Waals surface area contributed by atoms with Crippen LogP contribution in [0.15, 0.2) is 11.6 Å². The van der Waals surface area contributed by atoms with E-state index in [1.54, 1.807) is 7.11 Å². The van der Waals surface area contributed by atoms with Gasteiger partial charge in [-0.1, -0.05) is 32.4 Å². The molecule has 0 amide bonds. The lowest BCUT2D eigenvalue weighted by Gasteiger charge is -2.35. The maximum Gasteiger partial charge on any atom is 0.142 e. The van der Waals surface area contributed by atoms with Crippen LogP contribution >= 0.6 is 0 Å². The van der Waals surface area contributed by atoms with Crippen molar-refractivity contribution in [3.63, 3.8) is 0 Å². The molecule has 0 saturated heterocycles. The fraction of sp³-hybridized carbons (Fsp3) is 0.812. The molecule has 0 radical (unpaired) electrons. The third kappa shape index (κ3) is 3.94. The van der Waals surface area contributed by atoms with Gasteiger partial charge < -0.3 is 4.74 Å². The number of ketones is 1. The van der Waals surface area contributed by atoms with E-state index in [1.165, 1.54) is 12.0 Å². The summed E-state index contributed by atoms with van der Waals surface area (Å²) in [5, 5.41) is 0. The number of allylic oxidation sites excluding steroid dienone is 1. The lowest BCUT2D eigenvalue weighted by atomic mass is 9.75. The molecule has 104 valence electrons. The van der Waals surface area contributed by atoms with Gasteiger partial charge in [-0.25, -0.2) is 0 Å². The minimum absolute atomic E-state index is 0.00841. The summed E-state index contributed by atoms with van der Waals surface area (Å²) in [4.78, 5) is 12.1. The van der Waals surface area contributed by atoms with Crippen molar-refractivity contribution in [3.05, 3.63) is 11.6 Å². The molecule has 0 bridgehead atoms. The second-order valence-corrected chi connectivity index (χ2v) is 6.08. The van der Waals surface area contributed by atoms with Crippen LogP contribution < -0.4 is 0 Å². The molecule has 0 aliphatic heterocycles. The van der Waals surface area contributed by atoms with Crippen LogP contribution in [0.4, 0.5) is 0 Å². The van der Waals surface area contributed by atoms with Crippen LogP contribution in [0.5, 0.6) is 0 Å². The zero-order chi connectivity index (χ0) is 13.7. The number of carbonyl (C=O) groups excluding carboxylic acids is 1. The molecule has 3 unspecified atom stereocenters. The number of carbonyl (C=O) groups is 1. The van der Waals surface area contributed by atoms with Crippen LogP contribution in [0, 0.1) is 17.8 Å². The molecule has 3 atom stereocenters. The summed E-state index contributed by atoms with van der Waals surface area (Å²) in [5.41, 5.74) is 1.21. The lowest BCUT2D eigenvalue weighted by molar-refractivity contribution is -0.131. The highest BCUT2D eigenvalue weighted by Crippen LogP contribution is 2.33. The van der Waals surface area contributed by atoms with E-state index in [0.717, 1.165) is 12.8 Å². The Morgan fingerprint density at radius 2 is 2.17 bits per heavy atom. The molecule has 0 aromatic rings. The van der Waals surface area contributed by atoms with E-state index in [2.05, 4.69) is 33.8 Å². The smallest absolute Gasteiger partial charge is 0.142 e. The van der Waals surface area contributed by atoms with Gasteiger partial charge >= 0.3 is 0 Å². The van der Waals surface area contributed by atoms with Crippen molar-refractivity contribution in [3.8, 4) is 0 Å². The summed E-state index contributed by atoms with van der Waals surface area (Å²) in [6, 6.07) is 0. The highest BCUT2D eigenvalue weighted by Gasteiger charge is 2.37. The molecule has 1 rings (SSSR count). The zero-order valence-corrected chi connectivity index (χ0v) is 12.5. The van der Waals surface area contributed by atoms with Gasteiger partial charge in [-0.05, 0) is 38.0 Å². The summed E-state index contributed by atoms with van der Waals surface area (Å²) in [6.07, 6.45) is 6.24. The largest absolute Gasteiger partial charge is 0.380 e. The van der Waals surface area contributed by atoms with E-state index in [-0.39, 0.29) is 12.0 Å². The minimum atomic E-state index is -0.00841. The molecule has 1 saturated carbocycles. The summed E-state index contributed by atoms with van der Waals surface area (Å²) in [7, 11) is 1.73. The van der Waals surface area contributed by atoms with Crippen molar-refractivity contribution < 1.29 is 9.53 Å². The molecule has 18 heavy (non-hydrogen) atoms. The van der Waals surface area contributed by atoms with Gasteiger partial charge in [0.25, 0.3) is 0 Å². The first-order valence-electron chi connectivity index (χ1n) is 7.19. The van der Waals surface area contributed by atoms with Crippen LogP contribution in [0.1, 0.15) is 53.4 Å². The van der Waals surface area contributed by atoms with Gasteiger partial charge in [0.2, 0.25) is 0 Å². The number of methoxy groups -OCH3 is 1. The second kappa shape index (κ2) is 7.08. The first kappa shape index (κ1) is 15.4. The van der Waals surface area contributed by atoms with Gasteiger partial charge in [0.05, 0.1) is 12.0 Å². The lowest BCUT2D eigenvalue weighted by Crippen LogP contribution is -2.40. The zero-order valence-electron chi connectivity index (χ0n) is 12.5. The fourth-order valence-corrected chi connectivity index (χ4v) is 2.85. The summed E-state index contributed by atoms with van der Waals surface area (Å²) >= 11 is 0. The Morgan fingerprint density at radius 3 is 2.72 bits per heavy atom. The molecule has 0 aromatic carbocycles. The van der Waals surface area contributed by atoms with E-state index in [9.17, 15) is 4.79 Å². The Balaban J connectivity index is 2.72. The topological polar surface area (TPSA) is 26.3 Å². The maximum absolute atomic E-state index is 12.1. The molecule has 0 aromatic heterocycles. The van der Waals surface area contributed by atoms with E-state index >= 15 is 0 Å². The molecule has 0 spiro atoms. The molecular weight excluding hydrogens is 224 g/mol. The van der Waals surface area contributed by atoms with Crippen molar-refractivity contribution in [2.45, 2.75) is 59.5 Å². The van der Waals surface area contributed by atoms with Gasteiger partial charge in [0.1, 0.15) is 5.78 Å². The van der Waals surface area contributed by atoms with Gasteiger partial charge in [0.15, 0.2) is 0 Å². The standard InChI is InChI=1S/C16H28O2/c1-11(2)7-6-8-12(3)15-14(17)10-9-13(4)16(15)18-5/h8,11,13,15-16H,6-7,9-10H2,1-5H3/b12-8+. The Hall–Kier alpha value is -0.630. The van der Waals surface area contributed by atoms with Crippen molar-refractivity contribution in [2.75, 3.05) is 7.11 Å². The third-order valence-corrected chi connectivity index (χ3v) is 4.06. The molecule has 0 heterocycles. The quantitative estimate of drug-likeness (QED) is 0.691. The van der Waals surface area contributed by atoms with Crippen LogP contribution in [0.3, 0.4) is 0 Å². The second-order valence-electron chi connectivity index (χ2n) is 6.08. The molecule has 1 aliphatic rings.